The van der Waals surface area contributed by atoms with Crippen LogP contribution >= 0.6 is 0 Å². The van der Waals surface area contributed by atoms with E-state index in [2.05, 4.69) is 9.97 Å². The van der Waals surface area contributed by atoms with Crippen molar-refractivity contribution in [2.45, 2.75) is 63.4 Å². The number of anilines is 1. The largest absolute Gasteiger partial charge is 0.487 e. The van der Waals surface area contributed by atoms with Crippen molar-refractivity contribution in [3.63, 3.8) is 0 Å². The standard InChI is InChI=1S/C22H25FN4O3/c1-11-9-27(22-18(11)21(24)25-10-26-22)15-8-17(20(29)19(15)28)30-16-7-6-14(23)12-4-2-3-5-13(12)16/h6-7,9-10,15,17,19-20,28-29H,2-5,8H2,1H3,(H2,24,25,26)/t15-,17+,19+,20-/m1/s1. The van der Waals surface area contributed by atoms with Gasteiger partial charge in [0.05, 0.1) is 11.4 Å². The number of aryl methyl sites for hydroxylation is 1. The molecule has 5 rings (SSSR count). The highest BCUT2D eigenvalue weighted by Gasteiger charge is 2.45. The van der Waals surface area contributed by atoms with Crippen LogP contribution in [0.3, 0.4) is 0 Å². The molecule has 0 radical (unpaired) electrons. The number of hydrogen-bond acceptors (Lipinski definition) is 6. The Kier molecular flexibility index (Phi) is 4.63. The Hall–Kier alpha value is -2.71. The van der Waals surface area contributed by atoms with Gasteiger partial charge in [-0.05, 0) is 55.9 Å². The highest BCUT2D eigenvalue weighted by Crippen LogP contribution is 2.39. The van der Waals surface area contributed by atoms with Crippen molar-refractivity contribution < 1.29 is 19.3 Å². The summed E-state index contributed by atoms with van der Waals surface area (Å²) in [5, 5.41) is 22.3. The normalized spacial score (nSPS) is 26.1. The lowest BCUT2D eigenvalue weighted by Crippen LogP contribution is -2.34. The molecule has 2 heterocycles. The van der Waals surface area contributed by atoms with Gasteiger partial charge >= 0.3 is 0 Å². The summed E-state index contributed by atoms with van der Waals surface area (Å²) >= 11 is 0. The third-order valence-corrected chi connectivity index (χ3v) is 6.50. The van der Waals surface area contributed by atoms with Crippen LogP contribution in [-0.2, 0) is 12.8 Å². The molecule has 7 nitrogen and oxygen atoms in total. The van der Waals surface area contributed by atoms with Gasteiger partial charge in [-0.3, -0.25) is 0 Å². The van der Waals surface area contributed by atoms with E-state index in [1.165, 1.54) is 12.4 Å². The summed E-state index contributed by atoms with van der Waals surface area (Å²) in [7, 11) is 0. The topological polar surface area (TPSA) is 106 Å². The molecule has 1 saturated carbocycles. The van der Waals surface area contributed by atoms with Crippen LogP contribution in [0.25, 0.3) is 11.0 Å². The van der Waals surface area contributed by atoms with Gasteiger partial charge in [-0.25, -0.2) is 14.4 Å². The number of rotatable bonds is 3. The van der Waals surface area contributed by atoms with E-state index >= 15 is 0 Å². The van der Waals surface area contributed by atoms with Gasteiger partial charge in [0.2, 0.25) is 0 Å². The molecule has 1 aromatic carbocycles. The molecule has 158 valence electrons. The summed E-state index contributed by atoms with van der Waals surface area (Å²) < 4.78 is 22.2. The average Bonchev–Trinajstić information content (AvgIpc) is 3.22. The van der Waals surface area contributed by atoms with Crippen molar-refractivity contribution in [2.75, 3.05) is 5.73 Å². The van der Waals surface area contributed by atoms with Gasteiger partial charge in [-0.1, -0.05) is 0 Å². The smallest absolute Gasteiger partial charge is 0.146 e. The third kappa shape index (κ3) is 2.94. The molecule has 0 aliphatic heterocycles. The van der Waals surface area contributed by atoms with Crippen LogP contribution in [-0.4, -0.2) is 43.1 Å². The average molecular weight is 412 g/mol. The zero-order valence-electron chi connectivity index (χ0n) is 16.8. The van der Waals surface area contributed by atoms with Crippen molar-refractivity contribution >= 4 is 16.9 Å². The first-order valence-electron chi connectivity index (χ1n) is 10.4. The Balaban J connectivity index is 1.46. The second-order valence-corrected chi connectivity index (χ2v) is 8.33. The Morgan fingerprint density at radius 1 is 1.13 bits per heavy atom. The molecule has 1 fully saturated rings. The number of halogens is 1. The number of fused-ring (bicyclic) bond motifs is 2. The van der Waals surface area contributed by atoms with Crippen LogP contribution in [0.2, 0.25) is 0 Å². The van der Waals surface area contributed by atoms with E-state index in [-0.39, 0.29) is 5.82 Å². The van der Waals surface area contributed by atoms with Crippen molar-refractivity contribution in [1.29, 1.82) is 0 Å². The maximum absolute atomic E-state index is 14.2. The summed E-state index contributed by atoms with van der Waals surface area (Å²) in [6, 6.07) is 2.64. The lowest BCUT2D eigenvalue weighted by Gasteiger charge is -2.24. The molecule has 4 N–H and O–H groups in total. The van der Waals surface area contributed by atoms with E-state index in [1.807, 2.05) is 17.7 Å². The monoisotopic (exact) mass is 412 g/mol. The number of aliphatic hydroxyl groups excluding tert-OH is 2. The van der Waals surface area contributed by atoms with Crippen LogP contribution in [0.4, 0.5) is 10.2 Å². The molecule has 4 atom stereocenters. The number of nitrogens with zero attached hydrogens (tertiary/aromatic N) is 3. The first-order chi connectivity index (χ1) is 14.5. The van der Waals surface area contributed by atoms with Gasteiger partial charge in [-0.2, -0.15) is 0 Å². The van der Waals surface area contributed by atoms with Crippen molar-refractivity contribution in [2.24, 2.45) is 0 Å². The lowest BCUT2D eigenvalue weighted by molar-refractivity contribution is -0.0166. The van der Waals surface area contributed by atoms with Crippen LogP contribution < -0.4 is 10.5 Å². The lowest BCUT2D eigenvalue weighted by atomic mass is 9.90. The molecule has 2 aliphatic carbocycles. The minimum atomic E-state index is -1.07. The van der Waals surface area contributed by atoms with Gasteiger partial charge in [0.25, 0.3) is 0 Å². The molecule has 0 bridgehead atoms. The van der Waals surface area contributed by atoms with Gasteiger partial charge in [-0.15, -0.1) is 0 Å². The highest BCUT2D eigenvalue weighted by atomic mass is 19.1. The van der Waals surface area contributed by atoms with Crippen LogP contribution in [0, 0.1) is 12.7 Å². The number of nitrogens with two attached hydrogens (primary N) is 1. The van der Waals surface area contributed by atoms with Crippen LogP contribution in [0.15, 0.2) is 24.7 Å². The maximum atomic E-state index is 14.2. The molecule has 0 unspecified atom stereocenters. The summed E-state index contributed by atoms with van der Waals surface area (Å²) in [4.78, 5) is 8.39. The number of ether oxygens (including phenoxy) is 1. The number of hydrogen-bond donors (Lipinski definition) is 3. The van der Waals surface area contributed by atoms with Crippen molar-refractivity contribution in [3.05, 3.63) is 47.2 Å². The maximum Gasteiger partial charge on any atom is 0.146 e. The fourth-order valence-corrected chi connectivity index (χ4v) is 4.98. The highest BCUT2D eigenvalue weighted by molar-refractivity contribution is 5.89. The molecule has 2 aromatic heterocycles. The molecule has 0 saturated heterocycles. The van der Waals surface area contributed by atoms with Crippen LogP contribution in [0.5, 0.6) is 5.75 Å². The fraction of sp³-hybridized carbons (Fsp3) is 0.455. The van der Waals surface area contributed by atoms with Crippen molar-refractivity contribution in [1.82, 2.24) is 14.5 Å². The minimum absolute atomic E-state index is 0.200. The third-order valence-electron chi connectivity index (χ3n) is 6.50. The summed E-state index contributed by atoms with van der Waals surface area (Å²) in [6.07, 6.45) is 4.35. The first kappa shape index (κ1) is 19.3. The van der Waals surface area contributed by atoms with Crippen molar-refractivity contribution in [3.8, 4) is 5.75 Å². The van der Waals surface area contributed by atoms with E-state index < -0.39 is 24.4 Å². The molecule has 0 spiro atoms. The van der Waals surface area contributed by atoms with Gasteiger partial charge in [0.1, 0.15) is 47.7 Å². The number of aliphatic hydroxyl groups is 2. The Labute approximate surface area is 173 Å². The molecular formula is C22H25FN4O3. The van der Waals surface area contributed by atoms with E-state index in [0.717, 1.165) is 35.8 Å². The second-order valence-electron chi connectivity index (χ2n) is 8.33. The van der Waals surface area contributed by atoms with Gasteiger partial charge in [0, 0.05) is 18.2 Å². The number of aromatic nitrogens is 3. The summed E-state index contributed by atoms with van der Waals surface area (Å²) in [5.74, 6) is 0.784. The molecule has 3 aromatic rings. The quantitative estimate of drug-likeness (QED) is 0.610. The summed E-state index contributed by atoms with van der Waals surface area (Å²) in [5.41, 5.74) is 9.13. The molecule has 0 amide bonds. The SMILES string of the molecule is Cc1cn([C@@H]2C[C@H](Oc3ccc(F)c4c3CCCC4)[C@@H](O)[C@H]2O)c2ncnc(N)c12. The first-order valence-corrected chi connectivity index (χ1v) is 10.4. The zero-order valence-corrected chi connectivity index (χ0v) is 16.8. The Morgan fingerprint density at radius 3 is 2.70 bits per heavy atom. The van der Waals surface area contributed by atoms with E-state index in [4.69, 9.17) is 10.5 Å². The van der Waals surface area contributed by atoms with Gasteiger partial charge < -0.3 is 25.3 Å². The molecule has 2 aliphatic rings. The van der Waals surface area contributed by atoms with E-state index in [0.29, 0.717) is 35.6 Å². The van der Waals surface area contributed by atoms with E-state index in [1.54, 1.807) is 6.07 Å². The van der Waals surface area contributed by atoms with Gasteiger partial charge in [0.15, 0.2) is 0 Å². The fourth-order valence-electron chi connectivity index (χ4n) is 4.98. The number of nitrogen functional groups attached to an aromatic ring is 1. The van der Waals surface area contributed by atoms with Crippen LogP contribution in [0.1, 0.15) is 42.0 Å². The number of benzene rings is 1. The Morgan fingerprint density at radius 2 is 1.90 bits per heavy atom. The van der Waals surface area contributed by atoms with E-state index in [9.17, 15) is 14.6 Å². The molecule has 30 heavy (non-hydrogen) atoms. The Bertz CT molecular complexity index is 1120. The molecular weight excluding hydrogens is 387 g/mol. The molecule has 8 heteroatoms. The zero-order chi connectivity index (χ0) is 21.0. The minimum Gasteiger partial charge on any atom is -0.487 e. The predicted molar refractivity (Wildman–Crippen MR) is 110 cm³/mol. The predicted octanol–water partition coefficient (Wildman–Crippen LogP) is 2.45. The second kappa shape index (κ2) is 7.21. The summed E-state index contributed by atoms with van der Waals surface area (Å²) in [6.45, 7) is 1.91.